The number of aromatic nitrogens is 2. The summed E-state index contributed by atoms with van der Waals surface area (Å²) in [4.78, 5) is 4.56. The Balaban J connectivity index is 0.00000259. The fourth-order valence-corrected chi connectivity index (χ4v) is 5.16. The number of aryl methyl sites for hydroxylation is 2. The second-order valence-corrected chi connectivity index (χ2v) is 8.12. The number of anilines is 2. The molecular weight excluding hydrogens is 528 g/mol. The lowest BCUT2D eigenvalue weighted by molar-refractivity contribution is -0.670. The molecule has 2 aromatic carbocycles. The molecule has 3 heterocycles. The highest BCUT2D eigenvalue weighted by Crippen LogP contribution is 2.42. The average molecular weight is 555 g/mol. The number of nitriles is 1. The van der Waals surface area contributed by atoms with E-state index in [4.69, 9.17) is 0 Å². The standard InChI is InChI=1S/C26H27FN5.HI/c1-4-29-21-10-7-18(17-28)15-23(21)30(5-2)25(29)12-8-19-13-14-32-24-16-20(27)9-11-22(24)31(6-3)26(19)32;/h7-12,15-16H,4-6,13-14H2,1-3H3;1H/q+1;/p-1. The third-order valence-corrected chi connectivity index (χ3v) is 6.54. The molecule has 0 atom stereocenters. The van der Waals surface area contributed by atoms with E-state index in [2.05, 4.69) is 57.9 Å². The maximum Gasteiger partial charge on any atom is 0.285 e. The highest BCUT2D eigenvalue weighted by atomic mass is 127. The van der Waals surface area contributed by atoms with Crippen molar-refractivity contribution in [2.24, 2.45) is 0 Å². The molecule has 0 aliphatic carbocycles. The molecule has 5 nitrogen and oxygen atoms in total. The third-order valence-electron chi connectivity index (χ3n) is 6.54. The zero-order valence-corrected chi connectivity index (χ0v) is 21.3. The van der Waals surface area contributed by atoms with Crippen LogP contribution in [0.2, 0.25) is 0 Å². The Morgan fingerprint density at radius 1 is 1.03 bits per heavy atom. The molecule has 0 unspecified atom stereocenters. The van der Waals surface area contributed by atoms with E-state index in [0.717, 1.165) is 60.8 Å². The molecule has 5 rings (SSSR count). The molecule has 2 aliphatic rings. The highest BCUT2D eigenvalue weighted by molar-refractivity contribution is 5.84. The van der Waals surface area contributed by atoms with Crippen LogP contribution in [0.25, 0.3) is 16.6 Å². The van der Waals surface area contributed by atoms with Crippen LogP contribution in [0.15, 0.2) is 54.4 Å². The van der Waals surface area contributed by atoms with Crippen molar-refractivity contribution in [3.63, 3.8) is 0 Å². The van der Waals surface area contributed by atoms with Crippen LogP contribution >= 0.6 is 0 Å². The minimum atomic E-state index is -0.196. The van der Waals surface area contributed by atoms with Crippen LogP contribution in [0.3, 0.4) is 0 Å². The lowest BCUT2D eigenvalue weighted by atomic mass is 10.2. The van der Waals surface area contributed by atoms with Gasteiger partial charge in [-0.25, -0.2) is 13.5 Å². The number of allylic oxidation sites excluding steroid dienone is 3. The van der Waals surface area contributed by atoms with Gasteiger partial charge >= 0.3 is 0 Å². The molecule has 1 aromatic heterocycles. The first-order valence-corrected chi connectivity index (χ1v) is 11.3. The quantitative estimate of drug-likeness (QED) is 0.365. The molecular formula is C26H27FIN5. The fraction of sp³-hybridized carbons (Fsp3) is 0.308. The van der Waals surface area contributed by atoms with Crippen LogP contribution in [-0.2, 0) is 13.1 Å². The number of nitrogens with zero attached hydrogens (tertiary/aromatic N) is 5. The molecule has 0 spiro atoms. The van der Waals surface area contributed by atoms with E-state index in [-0.39, 0.29) is 29.8 Å². The van der Waals surface area contributed by atoms with E-state index >= 15 is 0 Å². The number of halogens is 2. The van der Waals surface area contributed by atoms with Crippen LogP contribution < -0.4 is 38.3 Å². The van der Waals surface area contributed by atoms with Gasteiger partial charge < -0.3 is 33.8 Å². The molecule has 7 heteroatoms. The van der Waals surface area contributed by atoms with Crippen LogP contribution in [-0.4, -0.2) is 17.7 Å². The van der Waals surface area contributed by atoms with Gasteiger partial charge in [-0.1, -0.05) is 0 Å². The molecule has 170 valence electrons. The summed E-state index contributed by atoms with van der Waals surface area (Å²) in [5.41, 5.74) is 6.19. The van der Waals surface area contributed by atoms with Gasteiger partial charge in [0.05, 0.1) is 36.1 Å². The Kier molecular flexibility index (Phi) is 6.48. The predicted molar refractivity (Wildman–Crippen MR) is 126 cm³/mol. The number of benzene rings is 2. The summed E-state index contributed by atoms with van der Waals surface area (Å²) in [5.74, 6) is 2.09. The number of rotatable bonds is 4. The molecule has 0 N–H and O–H groups in total. The minimum absolute atomic E-state index is 0. The molecule has 0 radical (unpaired) electrons. The normalized spacial score (nSPS) is 16.9. The van der Waals surface area contributed by atoms with E-state index in [1.807, 2.05) is 24.3 Å². The Morgan fingerprint density at radius 3 is 2.48 bits per heavy atom. The van der Waals surface area contributed by atoms with Crippen molar-refractivity contribution < 1.29 is 32.9 Å². The predicted octanol–water partition coefficient (Wildman–Crippen LogP) is 1.96. The Hall–Kier alpha value is -2.86. The first-order chi connectivity index (χ1) is 15.6. The summed E-state index contributed by atoms with van der Waals surface area (Å²) in [5, 5.41) is 9.35. The second kappa shape index (κ2) is 9.18. The summed E-state index contributed by atoms with van der Waals surface area (Å²) >= 11 is 0. The van der Waals surface area contributed by atoms with E-state index in [9.17, 15) is 9.65 Å². The number of hydrogen-bond donors (Lipinski definition) is 0. The van der Waals surface area contributed by atoms with Gasteiger partial charge in [0.1, 0.15) is 11.6 Å². The van der Waals surface area contributed by atoms with Gasteiger partial charge in [0.2, 0.25) is 0 Å². The van der Waals surface area contributed by atoms with Crippen LogP contribution in [0.4, 0.5) is 15.8 Å². The first kappa shape index (κ1) is 23.3. The van der Waals surface area contributed by atoms with Crippen molar-refractivity contribution in [2.75, 3.05) is 22.9 Å². The molecule has 33 heavy (non-hydrogen) atoms. The third kappa shape index (κ3) is 3.61. The van der Waals surface area contributed by atoms with Gasteiger partial charge in [-0.2, -0.15) is 5.26 Å². The maximum atomic E-state index is 13.9. The Bertz CT molecular complexity index is 1330. The monoisotopic (exact) mass is 555 g/mol. The second-order valence-electron chi connectivity index (χ2n) is 8.12. The van der Waals surface area contributed by atoms with Crippen molar-refractivity contribution in [1.82, 2.24) is 4.57 Å². The average Bonchev–Trinajstić information content (AvgIpc) is 3.45. The molecule has 0 saturated heterocycles. The molecule has 0 saturated carbocycles. The summed E-state index contributed by atoms with van der Waals surface area (Å²) in [7, 11) is 0. The van der Waals surface area contributed by atoms with Crippen LogP contribution in [0.1, 0.15) is 38.6 Å². The number of imidazole rings is 1. The lowest BCUT2D eigenvalue weighted by Gasteiger charge is -2.23. The maximum absolute atomic E-state index is 13.9. The minimum Gasteiger partial charge on any atom is -1.00 e. The topological polar surface area (TPSA) is 39.1 Å². The zero-order chi connectivity index (χ0) is 22.4. The highest BCUT2D eigenvalue weighted by Gasteiger charge is 2.33. The van der Waals surface area contributed by atoms with Crippen molar-refractivity contribution in [2.45, 2.75) is 40.3 Å². The van der Waals surface area contributed by atoms with Crippen molar-refractivity contribution >= 4 is 28.0 Å². The first-order valence-electron chi connectivity index (χ1n) is 11.3. The lowest BCUT2D eigenvalue weighted by Crippen LogP contribution is -3.00. The van der Waals surface area contributed by atoms with Gasteiger partial charge in [0.25, 0.3) is 5.82 Å². The Morgan fingerprint density at radius 2 is 1.79 bits per heavy atom. The van der Waals surface area contributed by atoms with E-state index in [0.29, 0.717) is 5.56 Å². The number of fused-ring (bicyclic) bond motifs is 4. The molecule has 2 aliphatic heterocycles. The summed E-state index contributed by atoms with van der Waals surface area (Å²) in [6, 6.07) is 13.2. The smallest absolute Gasteiger partial charge is 0.285 e. The van der Waals surface area contributed by atoms with Crippen LogP contribution in [0, 0.1) is 17.1 Å². The van der Waals surface area contributed by atoms with Crippen molar-refractivity contribution in [1.29, 1.82) is 5.26 Å². The molecule has 0 fully saturated rings. The zero-order valence-electron chi connectivity index (χ0n) is 19.1. The van der Waals surface area contributed by atoms with Gasteiger partial charge in [0, 0.05) is 31.1 Å². The van der Waals surface area contributed by atoms with E-state index < -0.39 is 0 Å². The fourth-order valence-electron chi connectivity index (χ4n) is 5.16. The van der Waals surface area contributed by atoms with Gasteiger partial charge in [0.15, 0.2) is 11.0 Å². The van der Waals surface area contributed by atoms with E-state index in [1.165, 1.54) is 11.4 Å². The van der Waals surface area contributed by atoms with Gasteiger partial charge in [-0.3, -0.25) is 0 Å². The summed E-state index contributed by atoms with van der Waals surface area (Å²) in [6.45, 7) is 9.78. The van der Waals surface area contributed by atoms with Crippen molar-refractivity contribution in [3.05, 3.63) is 71.6 Å². The number of hydrogen-bond acceptors (Lipinski definition) is 3. The summed E-state index contributed by atoms with van der Waals surface area (Å²) in [6.07, 6.45) is 5.34. The summed E-state index contributed by atoms with van der Waals surface area (Å²) < 4.78 is 18.5. The largest absolute Gasteiger partial charge is 1.00 e. The Labute approximate surface area is 211 Å². The van der Waals surface area contributed by atoms with E-state index in [1.54, 1.807) is 12.1 Å². The van der Waals surface area contributed by atoms with Crippen molar-refractivity contribution in [3.8, 4) is 6.07 Å². The van der Waals surface area contributed by atoms with Gasteiger partial charge in [-0.15, -0.1) is 0 Å². The molecule has 3 aromatic rings. The molecule has 0 bridgehead atoms. The van der Waals surface area contributed by atoms with Crippen LogP contribution in [0.5, 0.6) is 0 Å². The SMILES string of the molecule is CCN1C(=CC=C2CCn3c2[n+](CC)c2ccc(F)cc23)N(CC)c2cc(C#N)ccc21.[I-]. The van der Waals surface area contributed by atoms with Gasteiger partial charge in [-0.05, 0) is 63.3 Å². The molecule has 0 amide bonds.